The Balaban J connectivity index is 1.53. The predicted molar refractivity (Wildman–Crippen MR) is 105 cm³/mol. The monoisotopic (exact) mass is 401 g/mol. The van der Waals surface area contributed by atoms with E-state index in [4.69, 9.17) is 14.2 Å². The topological polar surface area (TPSA) is 77.0 Å². The normalized spacial score (nSPS) is 32.4. The van der Waals surface area contributed by atoms with Crippen LogP contribution in [0.2, 0.25) is 0 Å². The zero-order valence-corrected chi connectivity index (χ0v) is 16.2. The van der Waals surface area contributed by atoms with Gasteiger partial charge in [-0.15, -0.1) is 0 Å². The number of carbonyl (C=O) groups excluding carboxylic acids is 1. The van der Waals surface area contributed by atoms with Gasteiger partial charge in [0.1, 0.15) is 23.7 Å². The molecule has 0 unspecified atom stereocenters. The Bertz CT molecular complexity index is 790. The molecule has 6 nitrogen and oxygen atoms in total. The van der Waals surface area contributed by atoms with Crippen molar-refractivity contribution < 1.29 is 24.1 Å². The van der Waals surface area contributed by atoms with Crippen LogP contribution >= 0.6 is 11.8 Å². The maximum atomic E-state index is 11.7. The molecule has 2 fully saturated rings. The van der Waals surface area contributed by atoms with Crippen molar-refractivity contribution in [2.75, 3.05) is 6.61 Å². The summed E-state index contributed by atoms with van der Waals surface area (Å²) in [7, 11) is 0. The number of benzene rings is 2. The van der Waals surface area contributed by atoms with Crippen molar-refractivity contribution in [1.29, 1.82) is 0 Å². The molecular formula is C21H23NO5S. The van der Waals surface area contributed by atoms with E-state index in [1.807, 2.05) is 60.7 Å². The van der Waals surface area contributed by atoms with Crippen LogP contribution in [-0.4, -0.2) is 47.4 Å². The lowest BCUT2D eigenvalue weighted by molar-refractivity contribution is -0.306. The minimum atomic E-state index is -0.918. The number of aliphatic hydroxyl groups excluding tert-OH is 1. The first-order valence-electron chi connectivity index (χ1n) is 9.26. The van der Waals surface area contributed by atoms with Gasteiger partial charge in [-0.05, 0) is 12.1 Å². The Hall–Kier alpha value is -1.90. The number of fused-ring (bicyclic) bond motifs is 1. The third kappa shape index (κ3) is 4.24. The Morgan fingerprint density at radius 3 is 2.43 bits per heavy atom. The van der Waals surface area contributed by atoms with E-state index in [9.17, 15) is 9.90 Å². The summed E-state index contributed by atoms with van der Waals surface area (Å²) in [6.07, 6.45) is -2.50. The SMILES string of the molecule is CC(=O)N[C@H]1[C@H](O)[C@@H]2O[C@@H](c3ccccc3)OC[C@H]2O[C@H]1Sc1ccccc1. The number of carbonyl (C=O) groups is 1. The number of thioether (sulfide) groups is 1. The number of hydrogen-bond donors (Lipinski definition) is 2. The van der Waals surface area contributed by atoms with Gasteiger partial charge in [0.2, 0.25) is 5.91 Å². The summed E-state index contributed by atoms with van der Waals surface area (Å²) in [5, 5.41) is 13.9. The third-order valence-corrected chi connectivity index (χ3v) is 5.98. The van der Waals surface area contributed by atoms with Crippen molar-refractivity contribution in [2.45, 2.75) is 47.9 Å². The van der Waals surface area contributed by atoms with Crippen molar-refractivity contribution in [3.05, 3.63) is 66.2 Å². The standard InChI is InChI=1S/C21H23NO5S/c1-13(23)22-17-18(24)19-16(26-21(17)28-15-10-6-3-7-11-15)12-25-20(27-19)14-8-4-2-5-9-14/h2-11,16-21,24H,12H2,1H3,(H,22,23)/t16-,17+,18+,19-,20+,21+/m1/s1. The molecule has 28 heavy (non-hydrogen) atoms. The van der Waals surface area contributed by atoms with Gasteiger partial charge in [-0.2, -0.15) is 0 Å². The van der Waals surface area contributed by atoms with Gasteiger partial charge in [0.15, 0.2) is 6.29 Å². The number of nitrogens with one attached hydrogen (secondary N) is 1. The molecule has 2 N–H and O–H groups in total. The molecule has 0 saturated carbocycles. The van der Waals surface area contributed by atoms with Gasteiger partial charge in [-0.25, -0.2) is 0 Å². The molecule has 4 rings (SSSR count). The van der Waals surface area contributed by atoms with Crippen LogP contribution in [0.5, 0.6) is 0 Å². The highest BCUT2D eigenvalue weighted by atomic mass is 32.2. The van der Waals surface area contributed by atoms with Crippen LogP contribution in [0.1, 0.15) is 18.8 Å². The van der Waals surface area contributed by atoms with Crippen molar-refractivity contribution in [3.8, 4) is 0 Å². The van der Waals surface area contributed by atoms with Crippen LogP contribution < -0.4 is 5.32 Å². The van der Waals surface area contributed by atoms with Crippen LogP contribution in [0.3, 0.4) is 0 Å². The Morgan fingerprint density at radius 2 is 1.75 bits per heavy atom. The smallest absolute Gasteiger partial charge is 0.217 e. The summed E-state index contributed by atoms with van der Waals surface area (Å²) >= 11 is 1.46. The van der Waals surface area contributed by atoms with Gasteiger partial charge in [-0.3, -0.25) is 4.79 Å². The lowest BCUT2D eigenvalue weighted by Gasteiger charge is -2.47. The summed E-state index contributed by atoms with van der Waals surface area (Å²) in [6, 6.07) is 18.7. The van der Waals surface area contributed by atoms with Gasteiger partial charge in [0.25, 0.3) is 0 Å². The predicted octanol–water partition coefficient (Wildman–Crippen LogP) is 2.48. The minimum absolute atomic E-state index is 0.226. The molecule has 7 heteroatoms. The summed E-state index contributed by atoms with van der Waals surface area (Å²) in [5.74, 6) is -0.226. The van der Waals surface area contributed by atoms with Crippen LogP contribution in [0.15, 0.2) is 65.6 Å². The minimum Gasteiger partial charge on any atom is -0.388 e. The Morgan fingerprint density at radius 1 is 1.07 bits per heavy atom. The molecular weight excluding hydrogens is 378 g/mol. The third-order valence-electron chi connectivity index (χ3n) is 4.80. The van der Waals surface area contributed by atoms with Gasteiger partial charge < -0.3 is 24.6 Å². The second-order valence-corrected chi connectivity index (χ2v) is 8.04. The van der Waals surface area contributed by atoms with E-state index in [2.05, 4.69) is 5.32 Å². The molecule has 2 saturated heterocycles. The second kappa shape index (κ2) is 8.63. The average molecular weight is 401 g/mol. The number of ether oxygens (including phenoxy) is 3. The highest BCUT2D eigenvalue weighted by Gasteiger charge is 2.49. The molecule has 2 aromatic rings. The van der Waals surface area contributed by atoms with E-state index in [0.717, 1.165) is 10.5 Å². The Labute approximate surface area is 168 Å². The Kier molecular flexibility index (Phi) is 5.99. The fraction of sp³-hybridized carbons (Fsp3) is 0.381. The largest absolute Gasteiger partial charge is 0.388 e. The number of rotatable bonds is 4. The quantitative estimate of drug-likeness (QED) is 0.820. The highest BCUT2D eigenvalue weighted by molar-refractivity contribution is 7.99. The summed E-state index contributed by atoms with van der Waals surface area (Å²) in [5.41, 5.74) is 0.424. The average Bonchev–Trinajstić information content (AvgIpc) is 2.72. The van der Waals surface area contributed by atoms with E-state index < -0.39 is 36.1 Å². The van der Waals surface area contributed by atoms with E-state index in [-0.39, 0.29) is 5.91 Å². The number of aliphatic hydroxyl groups is 1. The molecule has 2 aliphatic rings. The number of hydrogen-bond acceptors (Lipinski definition) is 6. The fourth-order valence-corrected chi connectivity index (χ4v) is 4.65. The highest BCUT2D eigenvalue weighted by Crippen LogP contribution is 2.38. The molecule has 0 aliphatic carbocycles. The van der Waals surface area contributed by atoms with E-state index in [1.54, 1.807) is 0 Å². The van der Waals surface area contributed by atoms with Crippen molar-refractivity contribution >= 4 is 17.7 Å². The van der Waals surface area contributed by atoms with Gasteiger partial charge in [0.05, 0.1) is 12.6 Å². The lowest BCUT2D eigenvalue weighted by atomic mass is 9.96. The van der Waals surface area contributed by atoms with Crippen molar-refractivity contribution in [1.82, 2.24) is 5.32 Å². The van der Waals surface area contributed by atoms with Gasteiger partial charge in [0, 0.05) is 17.4 Å². The molecule has 148 valence electrons. The molecule has 2 aromatic carbocycles. The fourth-order valence-electron chi connectivity index (χ4n) is 3.49. The maximum Gasteiger partial charge on any atom is 0.217 e. The van der Waals surface area contributed by atoms with Gasteiger partial charge in [-0.1, -0.05) is 60.3 Å². The molecule has 0 spiro atoms. The zero-order valence-electron chi connectivity index (χ0n) is 15.4. The van der Waals surface area contributed by atoms with Crippen LogP contribution in [-0.2, 0) is 19.0 Å². The lowest BCUT2D eigenvalue weighted by Crippen LogP contribution is -2.65. The van der Waals surface area contributed by atoms with Crippen LogP contribution in [0.25, 0.3) is 0 Å². The molecule has 2 heterocycles. The molecule has 1 amide bonds. The van der Waals surface area contributed by atoms with Crippen LogP contribution in [0.4, 0.5) is 0 Å². The summed E-state index contributed by atoms with van der Waals surface area (Å²) in [6.45, 7) is 1.74. The molecule has 0 radical (unpaired) electrons. The van der Waals surface area contributed by atoms with Crippen LogP contribution in [0, 0.1) is 0 Å². The van der Waals surface area contributed by atoms with Gasteiger partial charge >= 0.3 is 0 Å². The molecule has 0 aromatic heterocycles. The van der Waals surface area contributed by atoms with E-state index in [1.165, 1.54) is 18.7 Å². The van der Waals surface area contributed by atoms with Crippen molar-refractivity contribution in [3.63, 3.8) is 0 Å². The summed E-state index contributed by atoms with van der Waals surface area (Å²) in [4.78, 5) is 12.7. The second-order valence-electron chi connectivity index (χ2n) is 6.87. The number of amides is 1. The maximum absolute atomic E-state index is 11.7. The molecule has 6 atom stereocenters. The first-order valence-corrected chi connectivity index (χ1v) is 10.1. The first kappa shape index (κ1) is 19.4. The molecule has 0 bridgehead atoms. The first-order chi connectivity index (χ1) is 13.6. The van der Waals surface area contributed by atoms with E-state index >= 15 is 0 Å². The summed E-state index contributed by atoms with van der Waals surface area (Å²) < 4.78 is 18.1. The van der Waals surface area contributed by atoms with Crippen molar-refractivity contribution in [2.24, 2.45) is 0 Å². The zero-order chi connectivity index (χ0) is 19.5. The van der Waals surface area contributed by atoms with E-state index in [0.29, 0.717) is 6.61 Å². The molecule has 2 aliphatic heterocycles.